The van der Waals surface area contributed by atoms with Gasteiger partial charge in [-0.05, 0) is 0 Å². The van der Waals surface area contributed by atoms with Crippen molar-refractivity contribution in [2.24, 2.45) is 0 Å². The summed E-state index contributed by atoms with van der Waals surface area (Å²) in [7, 11) is 0. The predicted molar refractivity (Wildman–Crippen MR) is 55.6 cm³/mol. The Kier molecular flexibility index (Phi) is 3.66. The molecule has 0 unspecified atom stereocenters. The van der Waals surface area contributed by atoms with E-state index in [1.54, 1.807) is 0 Å². The molecule has 0 spiro atoms. The zero-order chi connectivity index (χ0) is 9.14. The van der Waals surface area contributed by atoms with Crippen LogP contribution in [-0.2, 0) is 12.8 Å². The van der Waals surface area contributed by atoms with E-state index in [0.717, 1.165) is 17.9 Å². The molecule has 0 bridgehead atoms. The van der Waals surface area contributed by atoms with Gasteiger partial charge in [-0.1, -0.05) is 0 Å². The maximum atomic E-state index is 6.08. The second-order valence-corrected chi connectivity index (χ2v) is 4.30. The van der Waals surface area contributed by atoms with Crippen molar-refractivity contribution in [3.63, 3.8) is 0 Å². The quantitative estimate of drug-likeness (QED) is 0.696. The van der Waals surface area contributed by atoms with Gasteiger partial charge in [-0.3, -0.25) is 0 Å². The third-order valence-corrected chi connectivity index (χ3v) is 3.42. The van der Waals surface area contributed by atoms with Crippen LogP contribution >= 0.6 is 11.6 Å². The molecule has 0 nitrogen and oxygen atoms in total. The van der Waals surface area contributed by atoms with E-state index in [4.69, 9.17) is 11.6 Å². The van der Waals surface area contributed by atoms with E-state index in [0.29, 0.717) is 0 Å². The Labute approximate surface area is 87.5 Å². The number of halogens is 1. The first-order valence-electron chi connectivity index (χ1n) is 4.22. The molecule has 3 radical (unpaired) electrons. The predicted octanol–water partition coefficient (Wildman–Crippen LogP) is 2.26. The van der Waals surface area contributed by atoms with Crippen LogP contribution in [0.3, 0.4) is 0 Å². The van der Waals surface area contributed by atoms with Crippen LogP contribution in [0.4, 0.5) is 0 Å². The van der Waals surface area contributed by atoms with E-state index < -0.39 is 0 Å². The monoisotopic (exact) mass is 241 g/mol. The summed E-state index contributed by atoms with van der Waals surface area (Å²) in [4.78, 5) is 0. The van der Waals surface area contributed by atoms with Crippen molar-refractivity contribution in [3.05, 3.63) is 28.3 Å². The summed E-state index contributed by atoms with van der Waals surface area (Å²) in [5.74, 6) is 0. The van der Waals surface area contributed by atoms with Gasteiger partial charge in [0, 0.05) is 0 Å². The van der Waals surface area contributed by atoms with E-state index in [1.807, 2.05) is 6.07 Å². The maximum absolute atomic E-state index is 6.08. The Morgan fingerprint density at radius 3 is 2.17 bits per heavy atom. The Hall–Kier alpha value is 0.0529. The molecule has 2 heteroatoms. The van der Waals surface area contributed by atoms with Crippen LogP contribution in [0.15, 0.2) is 12.1 Å². The SMILES string of the molecule is CCc1c(Cl)cc[c]([Ge])c1CC. The minimum atomic E-state index is 0.917. The van der Waals surface area contributed by atoms with Crippen LogP contribution in [0, 0.1) is 0 Å². The van der Waals surface area contributed by atoms with Gasteiger partial charge in [0.05, 0.1) is 0 Å². The summed E-state index contributed by atoms with van der Waals surface area (Å²) in [6, 6.07) is 4.09. The first kappa shape index (κ1) is 10.1. The van der Waals surface area contributed by atoms with Gasteiger partial charge in [-0.25, -0.2) is 0 Å². The van der Waals surface area contributed by atoms with Crippen LogP contribution in [0.2, 0.25) is 5.02 Å². The molecule has 0 aromatic heterocycles. The van der Waals surface area contributed by atoms with Gasteiger partial charge in [0.15, 0.2) is 0 Å². The molecule has 0 aliphatic rings. The van der Waals surface area contributed by atoms with E-state index in [9.17, 15) is 0 Å². The standard InChI is InChI=1S/C10H12ClGe/c1-3-7-8(4-2)10(12)6-5-9(7)11/h5-6H,3-4H2,1-2H3. The first-order valence-corrected chi connectivity index (χ1v) is 5.65. The average Bonchev–Trinajstić information content (AvgIpc) is 2.08. The third kappa shape index (κ3) is 1.86. The summed E-state index contributed by atoms with van der Waals surface area (Å²) in [6.45, 7) is 4.33. The summed E-state index contributed by atoms with van der Waals surface area (Å²) < 4.78 is 1.36. The van der Waals surface area contributed by atoms with E-state index in [-0.39, 0.29) is 0 Å². The van der Waals surface area contributed by atoms with E-state index >= 15 is 0 Å². The van der Waals surface area contributed by atoms with E-state index in [2.05, 4.69) is 36.4 Å². The molecule has 0 fully saturated rings. The second kappa shape index (κ2) is 4.33. The first-order chi connectivity index (χ1) is 5.70. The van der Waals surface area contributed by atoms with Gasteiger partial charge in [-0.15, -0.1) is 0 Å². The van der Waals surface area contributed by atoms with Crippen molar-refractivity contribution in [2.45, 2.75) is 26.7 Å². The summed E-state index contributed by atoms with van der Waals surface area (Å²) in [5, 5.41) is 0.917. The number of hydrogen-bond acceptors (Lipinski definition) is 0. The van der Waals surface area contributed by atoms with Crippen LogP contribution < -0.4 is 4.40 Å². The molecule has 0 aliphatic carbocycles. The molecule has 1 rings (SSSR count). The normalized spacial score (nSPS) is 10.3. The zero-order valence-electron chi connectivity index (χ0n) is 7.45. The van der Waals surface area contributed by atoms with Crippen LogP contribution in [-0.4, -0.2) is 16.5 Å². The molecule has 12 heavy (non-hydrogen) atoms. The third-order valence-electron chi connectivity index (χ3n) is 2.08. The van der Waals surface area contributed by atoms with Crippen molar-refractivity contribution < 1.29 is 0 Å². The Balaban J connectivity index is 3.28. The Morgan fingerprint density at radius 2 is 1.75 bits per heavy atom. The molecule has 1 aromatic carbocycles. The number of hydrogen-bond donors (Lipinski definition) is 0. The van der Waals surface area contributed by atoms with Gasteiger partial charge < -0.3 is 0 Å². The van der Waals surface area contributed by atoms with Gasteiger partial charge in [-0.2, -0.15) is 0 Å². The topological polar surface area (TPSA) is 0 Å². The van der Waals surface area contributed by atoms with E-state index in [1.165, 1.54) is 15.5 Å². The molecule has 0 saturated heterocycles. The molecule has 0 atom stereocenters. The summed E-state index contributed by atoms with van der Waals surface area (Å²) in [5.41, 5.74) is 2.74. The van der Waals surface area contributed by atoms with Crippen LogP contribution in [0.1, 0.15) is 25.0 Å². The summed E-state index contributed by atoms with van der Waals surface area (Å²) in [6.07, 6.45) is 2.11. The van der Waals surface area contributed by atoms with Crippen molar-refractivity contribution in [3.8, 4) is 0 Å². The molecule has 0 heterocycles. The zero-order valence-corrected chi connectivity index (χ0v) is 10.3. The van der Waals surface area contributed by atoms with Crippen molar-refractivity contribution in [1.82, 2.24) is 0 Å². The fourth-order valence-electron chi connectivity index (χ4n) is 1.45. The Morgan fingerprint density at radius 1 is 1.17 bits per heavy atom. The Bertz CT molecular complexity index is 252. The number of rotatable bonds is 2. The fraction of sp³-hybridized carbons (Fsp3) is 0.400. The molecule has 0 amide bonds. The summed E-state index contributed by atoms with van der Waals surface area (Å²) >= 11 is 8.23. The molecule has 0 saturated carbocycles. The van der Waals surface area contributed by atoms with Crippen molar-refractivity contribution in [2.75, 3.05) is 0 Å². The molecule has 1 aromatic rings. The van der Waals surface area contributed by atoms with Crippen LogP contribution in [0.25, 0.3) is 0 Å². The van der Waals surface area contributed by atoms with Crippen molar-refractivity contribution >= 4 is 32.5 Å². The van der Waals surface area contributed by atoms with Gasteiger partial charge >= 0.3 is 87.5 Å². The minimum absolute atomic E-state index is 0.917. The van der Waals surface area contributed by atoms with Gasteiger partial charge in [0.1, 0.15) is 0 Å². The molecular formula is C10H12ClGe. The second-order valence-electron chi connectivity index (χ2n) is 2.76. The fourth-order valence-corrected chi connectivity index (χ4v) is 2.62. The van der Waals surface area contributed by atoms with Gasteiger partial charge in [0.2, 0.25) is 0 Å². The van der Waals surface area contributed by atoms with Crippen molar-refractivity contribution in [1.29, 1.82) is 0 Å². The average molecular weight is 240 g/mol. The molecule has 0 N–H and O–H groups in total. The molecule has 63 valence electrons. The van der Waals surface area contributed by atoms with Gasteiger partial charge in [0.25, 0.3) is 0 Å². The molecule has 0 aliphatic heterocycles. The number of benzene rings is 1. The molecular weight excluding hydrogens is 228 g/mol. The van der Waals surface area contributed by atoms with Crippen LogP contribution in [0.5, 0.6) is 0 Å².